The fraction of sp³-hybridized carbons (Fsp3) is 0.250. The third-order valence-electron chi connectivity index (χ3n) is 2.58. The first-order valence-electron chi connectivity index (χ1n) is 5.00. The van der Waals surface area contributed by atoms with Gasteiger partial charge in [0.05, 0.1) is 18.4 Å². The first-order valence-corrected chi connectivity index (χ1v) is 5.00. The van der Waals surface area contributed by atoms with Crippen molar-refractivity contribution in [3.63, 3.8) is 0 Å². The molecule has 0 N–H and O–H groups in total. The van der Waals surface area contributed by atoms with Gasteiger partial charge in [-0.15, -0.1) is 0 Å². The van der Waals surface area contributed by atoms with Gasteiger partial charge in [-0.1, -0.05) is 0 Å². The van der Waals surface area contributed by atoms with Crippen molar-refractivity contribution in [3.8, 4) is 0 Å². The molecule has 1 unspecified atom stereocenters. The molecule has 0 aromatic rings. The Hall–Kier alpha value is -2.01. The van der Waals surface area contributed by atoms with Crippen LogP contribution in [0.15, 0.2) is 40.1 Å². The molecule has 88 valence electrons. The average molecular weight is 233 g/mol. The maximum absolute atomic E-state index is 11.4. The Kier molecular flexibility index (Phi) is 3.01. The van der Waals surface area contributed by atoms with Crippen molar-refractivity contribution in [3.05, 3.63) is 35.1 Å². The zero-order valence-electron chi connectivity index (χ0n) is 9.47. The lowest BCUT2D eigenvalue weighted by Gasteiger charge is -2.22. The molecule has 0 saturated carbocycles. The molecular formula is C12H11NO4. The van der Waals surface area contributed by atoms with Crippen LogP contribution in [-0.2, 0) is 19.1 Å². The number of dihydropyridines is 1. The van der Waals surface area contributed by atoms with E-state index in [1.807, 2.05) is 0 Å². The number of aldehydes is 1. The van der Waals surface area contributed by atoms with Gasteiger partial charge in [0.15, 0.2) is 6.29 Å². The van der Waals surface area contributed by atoms with Crippen LogP contribution < -0.4 is 0 Å². The Morgan fingerprint density at radius 3 is 2.71 bits per heavy atom. The third-order valence-corrected chi connectivity index (χ3v) is 2.58. The summed E-state index contributed by atoms with van der Waals surface area (Å²) < 4.78 is 10.4. The number of hydrogen-bond donors (Lipinski definition) is 0. The molecule has 5 nitrogen and oxygen atoms in total. The maximum Gasteiger partial charge on any atom is 0.280 e. The highest BCUT2D eigenvalue weighted by Gasteiger charge is 2.25. The number of carbonyl (C=O) groups excluding carboxylic acids is 2. The second kappa shape index (κ2) is 4.47. The molecule has 0 spiro atoms. The molecule has 1 amide bonds. The summed E-state index contributed by atoms with van der Waals surface area (Å²) >= 11 is 0. The summed E-state index contributed by atoms with van der Waals surface area (Å²) in [4.78, 5) is 25.9. The lowest BCUT2D eigenvalue weighted by Crippen LogP contribution is -2.23. The zero-order chi connectivity index (χ0) is 12.4. The van der Waals surface area contributed by atoms with Crippen molar-refractivity contribution in [2.45, 2.75) is 6.10 Å². The summed E-state index contributed by atoms with van der Waals surface area (Å²) in [7, 11) is 3.07. The number of aliphatic imine (C=N–C) groups is 1. The Balaban J connectivity index is 2.43. The van der Waals surface area contributed by atoms with Gasteiger partial charge in [0, 0.05) is 18.8 Å². The standard InChI is InChI=1S/C12H11NO4/c1-16-10-4-7-3-8(6-14)12(15)13-9(7)5-11(10)17-2/h3-6,10H,1-2H3. The Bertz CT molecular complexity index is 497. The Labute approximate surface area is 98.1 Å². The smallest absolute Gasteiger partial charge is 0.280 e. The van der Waals surface area contributed by atoms with E-state index in [-0.39, 0.29) is 11.7 Å². The van der Waals surface area contributed by atoms with Gasteiger partial charge >= 0.3 is 0 Å². The fourth-order valence-corrected chi connectivity index (χ4v) is 1.70. The highest BCUT2D eigenvalue weighted by Crippen LogP contribution is 2.23. The molecule has 1 atom stereocenters. The van der Waals surface area contributed by atoms with Crippen molar-refractivity contribution in [1.29, 1.82) is 0 Å². The van der Waals surface area contributed by atoms with Crippen LogP contribution >= 0.6 is 0 Å². The number of fused-ring (bicyclic) bond motifs is 1. The van der Waals surface area contributed by atoms with E-state index in [1.54, 1.807) is 19.3 Å². The molecule has 17 heavy (non-hydrogen) atoms. The summed E-state index contributed by atoms with van der Waals surface area (Å²) in [5.74, 6) is 0.0421. The largest absolute Gasteiger partial charge is 0.498 e. The van der Waals surface area contributed by atoms with Crippen LogP contribution in [0.1, 0.15) is 0 Å². The Morgan fingerprint density at radius 1 is 1.35 bits per heavy atom. The average Bonchev–Trinajstić information content (AvgIpc) is 2.36. The van der Waals surface area contributed by atoms with E-state index in [0.717, 1.165) is 0 Å². The first kappa shape index (κ1) is 11.5. The summed E-state index contributed by atoms with van der Waals surface area (Å²) in [5.41, 5.74) is 1.23. The van der Waals surface area contributed by atoms with E-state index < -0.39 is 5.91 Å². The van der Waals surface area contributed by atoms with E-state index in [9.17, 15) is 9.59 Å². The van der Waals surface area contributed by atoms with Gasteiger partial charge in [0.25, 0.3) is 5.91 Å². The van der Waals surface area contributed by atoms with Crippen LogP contribution in [0.25, 0.3) is 0 Å². The zero-order valence-corrected chi connectivity index (χ0v) is 9.47. The minimum Gasteiger partial charge on any atom is -0.498 e. The van der Waals surface area contributed by atoms with E-state index in [2.05, 4.69) is 4.99 Å². The minimum absolute atomic E-state index is 0.0455. The summed E-state index contributed by atoms with van der Waals surface area (Å²) in [6.07, 6.45) is 5.08. The minimum atomic E-state index is -0.533. The number of nitrogens with zero attached hydrogens (tertiary/aromatic N) is 1. The van der Waals surface area contributed by atoms with Crippen LogP contribution in [0.2, 0.25) is 0 Å². The first-order chi connectivity index (χ1) is 8.19. The fourth-order valence-electron chi connectivity index (χ4n) is 1.70. The molecule has 1 aliphatic carbocycles. The molecule has 2 rings (SSSR count). The SMILES string of the molecule is COC1=CC2=NC(=O)C(C=O)=CC2=CC1OC. The topological polar surface area (TPSA) is 65.0 Å². The molecule has 0 saturated heterocycles. The van der Waals surface area contributed by atoms with Gasteiger partial charge in [0.2, 0.25) is 0 Å². The molecule has 2 aliphatic rings. The van der Waals surface area contributed by atoms with Crippen molar-refractivity contribution in [2.75, 3.05) is 14.2 Å². The van der Waals surface area contributed by atoms with Crippen molar-refractivity contribution < 1.29 is 19.1 Å². The van der Waals surface area contributed by atoms with Crippen molar-refractivity contribution >= 4 is 17.9 Å². The highest BCUT2D eigenvalue weighted by atomic mass is 16.5. The number of carbonyl (C=O) groups is 2. The summed E-state index contributed by atoms with van der Waals surface area (Å²) in [6, 6.07) is 0. The molecule has 0 bridgehead atoms. The summed E-state index contributed by atoms with van der Waals surface area (Å²) in [6.45, 7) is 0. The maximum atomic E-state index is 11.4. The second-order valence-corrected chi connectivity index (χ2v) is 3.55. The van der Waals surface area contributed by atoms with Gasteiger partial charge < -0.3 is 9.47 Å². The number of amides is 1. The second-order valence-electron chi connectivity index (χ2n) is 3.55. The van der Waals surface area contributed by atoms with E-state index in [1.165, 1.54) is 13.2 Å². The predicted molar refractivity (Wildman–Crippen MR) is 60.6 cm³/mol. The van der Waals surface area contributed by atoms with Crippen LogP contribution in [0.5, 0.6) is 0 Å². The normalized spacial score (nSPS) is 22.9. The number of methoxy groups -OCH3 is 2. The number of ether oxygens (including phenoxy) is 2. The molecule has 1 heterocycles. The monoisotopic (exact) mass is 233 g/mol. The van der Waals surface area contributed by atoms with E-state index in [4.69, 9.17) is 9.47 Å². The third kappa shape index (κ3) is 1.97. The molecule has 0 aromatic heterocycles. The lowest BCUT2D eigenvalue weighted by atomic mass is 9.96. The van der Waals surface area contributed by atoms with E-state index in [0.29, 0.717) is 23.3 Å². The quantitative estimate of drug-likeness (QED) is 0.528. The molecule has 1 aliphatic heterocycles. The number of rotatable bonds is 3. The van der Waals surface area contributed by atoms with Gasteiger partial charge in [-0.05, 0) is 12.2 Å². The summed E-state index contributed by atoms with van der Waals surface area (Å²) in [5, 5.41) is 0. The van der Waals surface area contributed by atoms with Crippen LogP contribution in [-0.4, -0.2) is 38.2 Å². The molecule has 0 fully saturated rings. The van der Waals surface area contributed by atoms with Crippen LogP contribution in [0.3, 0.4) is 0 Å². The van der Waals surface area contributed by atoms with Gasteiger partial charge in [0.1, 0.15) is 11.9 Å². The number of allylic oxidation sites excluding steroid dienone is 3. The molecule has 5 heteroatoms. The molecule has 0 radical (unpaired) electrons. The van der Waals surface area contributed by atoms with Gasteiger partial charge in [-0.3, -0.25) is 9.59 Å². The van der Waals surface area contributed by atoms with Crippen molar-refractivity contribution in [1.82, 2.24) is 0 Å². The van der Waals surface area contributed by atoms with Crippen molar-refractivity contribution in [2.24, 2.45) is 4.99 Å². The predicted octanol–water partition coefficient (Wildman–Crippen LogP) is 0.578. The molecular weight excluding hydrogens is 222 g/mol. The highest BCUT2D eigenvalue weighted by molar-refractivity contribution is 6.25. The van der Waals surface area contributed by atoms with Crippen LogP contribution in [0, 0.1) is 0 Å². The van der Waals surface area contributed by atoms with Gasteiger partial charge in [-0.2, -0.15) is 0 Å². The Morgan fingerprint density at radius 2 is 2.12 bits per heavy atom. The lowest BCUT2D eigenvalue weighted by molar-refractivity contribution is -0.116. The van der Waals surface area contributed by atoms with E-state index >= 15 is 0 Å². The van der Waals surface area contributed by atoms with Gasteiger partial charge in [-0.25, -0.2) is 4.99 Å². The number of hydrogen-bond acceptors (Lipinski definition) is 4. The van der Waals surface area contributed by atoms with Crippen LogP contribution in [0.4, 0.5) is 0 Å². The molecule has 0 aromatic carbocycles.